The van der Waals surface area contributed by atoms with Crippen molar-refractivity contribution in [2.75, 3.05) is 33.3 Å². The molecule has 0 unspecified atom stereocenters. The van der Waals surface area contributed by atoms with E-state index in [2.05, 4.69) is 4.90 Å². The third kappa shape index (κ3) is 4.12. The van der Waals surface area contributed by atoms with E-state index in [9.17, 15) is 4.39 Å². The monoisotopic (exact) mass is 348 g/mol. The van der Waals surface area contributed by atoms with Crippen LogP contribution in [0.1, 0.15) is 31.2 Å². The lowest BCUT2D eigenvalue weighted by atomic mass is 9.77. The van der Waals surface area contributed by atoms with E-state index in [0.29, 0.717) is 12.5 Å². The fourth-order valence-electron chi connectivity index (χ4n) is 4.26. The molecular weight excluding hydrogens is 319 g/mol. The summed E-state index contributed by atoms with van der Waals surface area (Å²) < 4.78 is 19.9. The molecule has 3 rings (SSSR count). The predicted molar refractivity (Wildman–Crippen MR) is 97.2 cm³/mol. The Labute approximate surface area is 149 Å². The first kappa shape index (κ1) is 18.1. The van der Waals surface area contributed by atoms with Crippen LogP contribution in [-0.2, 0) is 11.2 Å². The summed E-state index contributed by atoms with van der Waals surface area (Å²) in [7, 11) is 1.76. The molecule has 25 heavy (non-hydrogen) atoms. The van der Waals surface area contributed by atoms with E-state index in [0.717, 1.165) is 57.4 Å². The third-order valence-electron chi connectivity index (χ3n) is 5.94. The second-order valence-corrected chi connectivity index (χ2v) is 7.29. The van der Waals surface area contributed by atoms with Crippen LogP contribution in [-0.4, -0.2) is 60.7 Å². The first-order valence-corrected chi connectivity index (χ1v) is 9.14. The first-order valence-electron chi connectivity index (χ1n) is 9.14. The Kier molecular flexibility index (Phi) is 5.59. The van der Waals surface area contributed by atoms with Crippen molar-refractivity contribution >= 4 is 5.96 Å². The molecule has 3 N–H and O–H groups in total. The van der Waals surface area contributed by atoms with Gasteiger partial charge in [-0.1, -0.05) is 18.2 Å². The van der Waals surface area contributed by atoms with Gasteiger partial charge in [0.2, 0.25) is 0 Å². The molecule has 1 aromatic rings. The van der Waals surface area contributed by atoms with Gasteiger partial charge >= 0.3 is 0 Å². The molecule has 0 bridgehead atoms. The van der Waals surface area contributed by atoms with Gasteiger partial charge in [-0.3, -0.25) is 10.3 Å². The number of methoxy groups -OCH3 is 1. The summed E-state index contributed by atoms with van der Waals surface area (Å²) in [5.74, 6) is 0.0352. The Morgan fingerprint density at radius 1 is 1.24 bits per heavy atom. The van der Waals surface area contributed by atoms with Gasteiger partial charge in [0.15, 0.2) is 5.96 Å². The maximum absolute atomic E-state index is 14.0. The molecular formula is C19H29FN4O. The second-order valence-electron chi connectivity index (χ2n) is 7.29. The van der Waals surface area contributed by atoms with E-state index in [1.807, 2.05) is 17.0 Å². The molecule has 0 radical (unpaired) electrons. The zero-order valence-electron chi connectivity index (χ0n) is 15.0. The smallest absolute Gasteiger partial charge is 0.188 e. The van der Waals surface area contributed by atoms with Gasteiger partial charge in [-0.2, -0.15) is 0 Å². The summed E-state index contributed by atoms with van der Waals surface area (Å²) in [6.45, 7) is 3.57. The normalized spacial score (nSPS) is 28.1. The highest BCUT2D eigenvalue weighted by Crippen LogP contribution is 2.36. The number of nitrogens with one attached hydrogen (secondary N) is 1. The third-order valence-corrected chi connectivity index (χ3v) is 5.94. The highest BCUT2D eigenvalue weighted by atomic mass is 19.1. The molecule has 1 heterocycles. The Hall–Kier alpha value is -1.66. The standard InChI is InChI=1S/C19H29FN4O/c1-25-19(14-15-4-2-3-5-17(15)20)8-6-16(7-9-19)23-10-12-24(13-11-23)18(21)22/h2-5,16H,6-14H2,1H3,(H3,21,22). The number of hydrogen-bond acceptors (Lipinski definition) is 3. The van der Waals surface area contributed by atoms with E-state index in [4.69, 9.17) is 15.9 Å². The summed E-state index contributed by atoms with van der Waals surface area (Å²) in [5.41, 5.74) is 6.07. The first-order chi connectivity index (χ1) is 12.0. The van der Waals surface area contributed by atoms with Crippen LogP contribution in [0.4, 0.5) is 4.39 Å². The number of halogens is 1. The van der Waals surface area contributed by atoms with Crippen molar-refractivity contribution < 1.29 is 9.13 Å². The molecule has 1 aliphatic carbocycles. The van der Waals surface area contributed by atoms with E-state index in [1.165, 1.54) is 6.07 Å². The van der Waals surface area contributed by atoms with Gasteiger partial charge < -0.3 is 15.4 Å². The largest absolute Gasteiger partial charge is 0.378 e. The molecule has 2 fully saturated rings. The summed E-state index contributed by atoms with van der Waals surface area (Å²) in [6.07, 6.45) is 4.69. The van der Waals surface area contributed by atoms with Gasteiger partial charge in [0.1, 0.15) is 5.82 Å². The average Bonchev–Trinajstić information content (AvgIpc) is 2.64. The van der Waals surface area contributed by atoms with Crippen molar-refractivity contribution in [2.45, 2.75) is 43.7 Å². The molecule has 0 amide bonds. The van der Waals surface area contributed by atoms with Crippen LogP contribution in [0.5, 0.6) is 0 Å². The quantitative estimate of drug-likeness (QED) is 0.647. The number of nitrogens with two attached hydrogens (primary N) is 1. The number of guanidine groups is 1. The second kappa shape index (κ2) is 7.70. The van der Waals surface area contributed by atoms with Crippen LogP contribution in [0.2, 0.25) is 0 Å². The molecule has 1 aliphatic heterocycles. The summed E-state index contributed by atoms with van der Waals surface area (Å²) in [5, 5.41) is 7.54. The van der Waals surface area contributed by atoms with E-state index in [1.54, 1.807) is 13.2 Å². The maximum atomic E-state index is 14.0. The molecule has 1 saturated heterocycles. The molecule has 5 nitrogen and oxygen atoms in total. The van der Waals surface area contributed by atoms with Crippen molar-refractivity contribution in [1.29, 1.82) is 5.41 Å². The van der Waals surface area contributed by atoms with Crippen LogP contribution >= 0.6 is 0 Å². The molecule has 2 aliphatic rings. The van der Waals surface area contributed by atoms with Gasteiger partial charge in [0.25, 0.3) is 0 Å². The van der Waals surface area contributed by atoms with Crippen LogP contribution in [0.15, 0.2) is 24.3 Å². The molecule has 0 aromatic heterocycles. The van der Waals surface area contributed by atoms with Crippen molar-refractivity contribution in [2.24, 2.45) is 5.73 Å². The molecule has 138 valence electrons. The number of hydrogen-bond donors (Lipinski definition) is 2. The van der Waals surface area contributed by atoms with Gasteiger partial charge in [-0.15, -0.1) is 0 Å². The van der Waals surface area contributed by atoms with Gasteiger partial charge in [0.05, 0.1) is 5.60 Å². The lowest BCUT2D eigenvalue weighted by Crippen LogP contribution is -2.55. The number of rotatable bonds is 4. The van der Waals surface area contributed by atoms with Crippen LogP contribution in [0.3, 0.4) is 0 Å². The van der Waals surface area contributed by atoms with E-state index >= 15 is 0 Å². The van der Waals surface area contributed by atoms with E-state index in [-0.39, 0.29) is 17.4 Å². The molecule has 1 saturated carbocycles. The number of nitrogens with zero attached hydrogens (tertiary/aromatic N) is 2. The van der Waals surface area contributed by atoms with Gasteiger partial charge in [0, 0.05) is 45.8 Å². The zero-order chi connectivity index (χ0) is 17.9. The lowest BCUT2D eigenvalue weighted by Gasteiger charge is -2.45. The molecule has 6 heteroatoms. The Morgan fingerprint density at radius 2 is 1.88 bits per heavy atom. The average molecular weight is 348 g/mol. The van der Waals surface area contributed by atoms with Crippen LogP contribution in [0.25, 0.3) is 0 Å². The molecule has 0 spiro atoms. The SMILES string of the molecule is COC1(Cc2ccccc2F)CCC(N2CCN(C(=N)N)CC2)CC1. The summed E-state index contributed by atoms with van der Waals surface area (Å²) >= 11 is 0. The number of piperazine rings is 1. The van der Waals surface area contributed by atoms with Crippen molar-refractivity contribution in [3.8, 4) is 0 Å². The zero-order valence-corrected chi connectivity index (χ0v) is 15.0. The Balaban J connectivity index is 1.56. The number of ether oxygens (including phenoxy) is 1. The van der Waals surface area contributed by atoms with Crippen molar-refractivity contribution in [1.82, 2.24) is 9.80 Å². The van der Waals surface area contributed by atoms with Crippen LogP contribution in [0, 0.1) is 11.2 Å². The van der Waals surface area contributed by atoms with Crippen molar-refractivity contribution in [3.63, 3.8) is 0 Å². The van der Waals surface area contributed by atoms with Crippen molar-refractivity contribution in [3.05, 3.63) is 35.6 Å². The minimum absolute atomic E-state index is 0.138. The van der Waals surface area contributed by atoms with Gasteiger partial charge in [-0.05, 0) is 37.3 Å². The minimum atomic E-state index is -0.250. The number of benzene rings is 1. The predicted octanol–water partition coefficient (Wildman–Crippen LogP) is 2.21. The van der Waals surface area contributed by atoms with E-state index < -0.39 is 0 Å². The summed E-state index contributed by atoms with van der Waals surface area (Å²) in [6, 6.07) is 7.57. The molecule has 1 aromatic carbocycles. The fourth-order valence-corrected chi connectivity index (χ4v) is 4.26. The summed E-state index contributed by atoms with van der Waals surface area (Å²) in [4.78, 5) is 4.44. The maximum Gasteiger partial charge on any atom is 0.188 e. The highest BCUT2D eigenvalue weighted by Gasteiger charge is 2.38. The highest BCUT2D eigenvalue weighted by molar-refractivity contribution is 5.74. The molecule has 0 atom stereocenters. The Bertz CT molecular complexity index is 593. The fraction of sp³-hybridized carbons (Fsp3) is 0.632. The minimum Gasteiger partial charge on any atom is -0.378 e. The lowest BCUT2D eigenvalue weighted by molar-refractivity contribution is -0.0580. The van der Waals surface area contributed by atoms with Crippen LogP contribution < -0.4 is 5.73 Å². The Morgan fingerprint density at radius 3 is 2.44 bits per heavy atom. The van der Waals surface area contributed by atoms with Gasteiger partial charge in [-0.25, -0.2) is 4.39 Å². The topological polar surface area (TPSA) is 65.6 Å².